The van der Waals surface area contributed by atoms with Crippen LogP contribution < -0.4 is 9.62 Å². The number of carbonyl (C=O) groups is 1. The second-order valence-corrected chi connectivity index (χ2v) is 10.4. The molecule has 0 saturated heterocycles. The van der Waals surface area contributed by atoms with Crippen molar-refractivity contribution in [2.75, 3.05) is 17.4 Å². The summed E-state index contributed by atoms with van der Waals surface area (Å²) in [6, 6.07) is 23.2. The van der Waals surface area contributed by atoms with Gasteiger partial charge in [0.25, 0.3) is 10.0 Å². The van der Waals surface area contributed by atoms with E-state index in [4.69, 9.17) is 11.6 Å². The van der Waals surface area contributed by atoms with Crippen molar-refractivity contribution >= 4 is 33.2 Å². The number of aryl methyl sites for hydroxylation is 1. The number of nitrogens with zero attached hydrogens (tertiary/aromatic N) is 1. The molecule has 0 spiro atoms. The summed E-state index contributed by atoms with van der Waals surface area (Å²) >= 11 is 6.12. The van der Waals surface area contributed by atoms with Gasteiger partial charge < -0.3 is 5.32 Å². The molecule has 3 rings (SSSR count). The predicted octanol–water partition coefficient (Wildman–Crippen LogP) is 5.23. The van der Waals surface area contributed by atoms with E-state index in [0.29, 0.717) is 17.3 Å². The van der Waals surface area contributed by atoms with Crippen molar-refractivity contribution < 1.29 is 13.2 Å². The minimum absolute atomic E-state index is 0.122. The van der Waals surface area contributed by atoms with E-state index >= 15 is 0 Å². The molecule has 0 radical (unpaired) electrons. The number of anilines is 1. The zero-order valence-corrected chi connectivity index (χ0v) is 20.4. The third-order valence-electron chi connectivity index (χ3n) is 5.52. The summed E-state index contributed by atoms with van der Waals surface area (Å²) in [7, 11) is -3.96. The van der Waals surface area contributed by atoms with Gasteiger partial charge in [-0.15, -0.1) is 0 Å². The van der Waals surface area contributed by atoms with Crippen LogP contribution in [0.2, 0.25) is 5.02 Å². The molecule has 0 bridgehead atoms. The Morgan fingerprint density at radius 3 is 2.33 bits per heavy atom. The zero-order valence-electron chi connectivity index (χ0n) is 18.9. The van der Waals surface area contributed by atoms with Crippen molar-refractivity contribution in [3.8, 4) is 0 Å². The van der Waals surface area contributed by atoms with Crippen molar-refractivity contribution in [3.63, 3.8) is 0 Å². The number of sulfonamides is 1. The molecule has 3 aromatic rings. The summed E-state index contributed by atoms with van der Waals surface area (Å²) in [4.78, 5) is 13.0. The average molecular weight is 485 g/mol. The van der Waals surface area contributed by atoms with Crippen LogP contribution in [0.5, 0.6) is 0 Å². The van der Waals surface area contributed by atoms with Gasteiger partial charge in [0, 0.05) is 11.6 Å². The second-order valence-electron chi connectivity index (χ2n) is 8.07. The molecule has 0 aliphatic carbocycles. The molecule has 0 aliphatic rings. The third-order valence-corrected chi connectivity index (χ3v) is 7.55. The monoisotopic (exact) mass is 484 g/mol. The quantitative estimate of drug-likeness (QED) is 0.428. The number of carbonyl (C=O) groups excluding carboxylic acids is 1. The van der Waals surface area contributed by atoms with E-state index in [2.05, 4.69) is 24.4 Å². The molecule has 0 heterocycles. The van der Waals surface area contributed by atoms with Crippen LogP contribution in [0.25, 0.3) is 0 Å². The maximum atomic E-state index is 13.4. The highest BCUT2D eigenvalue weighted by molar-refractivity contribution is 7.92. The van der Waals surface area contributed by atoms with Gasteiger partial charge in [-0.3, -0.25) is 9.10 Å². The van der Waals surface area contributed by atoms with E-state index in [1.165, 1.54) is 5.56 Å². The van der Waals surface area contributed by atoms with Gasteiger partial charge in [0.05, 0.1) is 10.6 Å². The SMILES string of the molecule is CCC(CNC(=O)CN(c1cccc(Cl)c1)S(=O)(=O)c1ccc(C)cc1)Cc1ccccc1. The van der Waals surface area contributed by atoms with Crippen molar-refractivity contribution in [3.05, 3.63) is 95.0 Å². The van der Waals surface area contributed by atoms with Crippen LogP contribution in [0.15, 0.2) is 83.8 Å². The molecule has 1 amide bonds. The minimum Gasteiger partial charge on any atom is -0.354 e. The molecule has 1 atom stereocenters. The van der Waals surface area contributed by atoms with E-state index in [1.807, 2.05) is 25.1 Å². The van der Waals surface area contributed by atoms with Gasteiger partial charge in [-0.25, -0.2) is 8.42 Å². The summed E-state index contributed by atoms with van der Waals surface area (Å²) in [5.74, 6) is -0.109. The molecule has 0 aromatic heterocycles. The van der Waals surface area contributed by atoms with Crippen LogP contribution in [0.4, 0.5) is 5.69 Å². The fraction of sp³-hybridized carbons (Fsp3) is 0.269. The molecule has 0 fully saturated rings. The predicted molar refractivity (Wildman–Crippen MR) is 134 cm³/mol. The fourth-order valence-corrected chi connectivity index (χ4v) is 5.13. The molecule has 7 heteroatoms. The number of halogens is 1. The molecule has 174 valence electrons. The van der Waals surface area contributed by atoms with Crippen LogP contribution >= 0.6 is 11.6 Å². The first-order valence-electron chi connectivity index (χ1n) is 10.9. The van der Waals surface area contributed by atoms with Crippen molar-refractivity contribution in [1.82, 2.24) is 5.32 Å². The summed E-state index contributed by atoms with van der Waals surface area (Å²) in [5, 5.41) is 3.32. The number of rotatable bonds is 10. The smallest absolute Gasteiger partial charge is 0.264 e. The van der Waals surface area contributed by atoms with Gasteiger partial charge >= 0.3 is 0 Å². The van der Waals surface area contributed by atoms with Crippen LogP contribution in [-0.4, -0.2) is 27.4 Å². The number of hydrogen-bond acceptors (Lipinski definition) is 3. The molecule has 3 aromatic carbocycles. The van der Waals surface area contributed by atoms with Gasteiger partial charge in [-0.05, 0) is 55.2 Å². The van der Waals surface area contributed by atoms with Gasteiger partial charge in [-0.2, -0.15) is 0 Å². The van der Waals surface area contributed by atoms with E-state index in [1.54, 1.807) is 48.5 Å². The summed E-state index contributed by atoms with van der Waals surface area (Å²) < 4.78 is 28.0. The van der Waals surface area contributed by atoms with Crippen molar-refractivity contribution in [1.29, 1.82) is 0 Å². The third kappa shape index (κ3) is 6.83. The topological polar surface area (TPSA) is 66.5 Å². The Kier molecular flexibility index (Phi) is 8.53. The van der Waals surface area contributed by atoms with Gasteiger partial charge in [0.1, 0.15) is 6.54 Å². The van der Waals surface area contributed by atoms with Crippen LogP contribution in [0.1, 0.15) is 24.5 Å². The number of hydrogen-bond donors (Lipinski definition) is 1. The van der Waals surface area contributed by atoms with Crippen LogP contribution in [-0.2, 0) is 21.2 Å². The molecule has 0 aliphatic heterocycles. The Labute approximate surface area is 201 Å². The highest BCUT2D eigenvalue weighted by atomic mass is 35.5. The molecule has 1 unspecified atom stereocenters. The van der Waals surface area contributed by atoms with Crippen molar-refractivity contribution in [2.24, 2.45) is 5.92 Å². The summed E-state index contributed by atoms with van der Waals surface area (Å²) in [5.41, 5.74) is 2.50. The molecule has 0 saturated carbocycles. The largest absolute Gasteiger partial charge is 0.354 e. The summed E-state index contributed by atoms with van der Waals surface area (Å²) in [6.07, 6.45) is 1.74. The van der Waals surface area contributed by atoms with Gasteiger partial charge in [-0.1, -0.05) is 79.0 Å². The average Bonchev–Trinajstić information content (AvgIpc) is 2.81. The van der Waals surface area contributed by atoms with Crippen LogP contribution in [0.3, 0.4) is 0 Å². The zero-order chi connectivity index (χ0) is 23.8. The Hall–Kier alpha value is -2.83. The Morgan fingerprint density at radius 2 is 1.70 bits per heavy atom. The number of amides is 1. The molecule has 33 heavy (non-hydrogen) atoms. The lowest BCUT2D eigenvalue weighted by Gasteiger charge is -2.25. The van der Waals surface area contributed by atoms with Crippen LogP contribution in [0, 0.1) is 12.8 Å². The standard InChI is InChI=1S/C26H29ClN2O3S/c1-3-21(16-22-8-5-4-6-9-22)18-28-26(30)19-29(24-11-7-10-23(27)17-24)33(31,32)25-14-12-20(2)13-15-25/h4-15,17,21H,3,16,18-19H2,1-2H3,(H,28,30). The Balaban J connectivity index is 1.77. The van der Waals surface area contributed by atoms with Gasteiger partial charge in [0.2, 0.25) is 5.91 Å². The van der Waals surface area contributed by atoms with E-state index < -0.39 is 10.0 Å². The Bertz CT molecular complexity index is 1170. The van der Waals surface area contributed by atoms with E-state index in [-0.39, 0.29) is 23.3 Å². The first-order chi connectivity index (χ1) is 15.8. The first kappa shape index (κ1) is 24.8. The van der Waals surface area contributed by atoms with E-state index in [0.717, 1.165) is 22.7 Å². The first-order valence-corrected chi connectivity index (χ1v) is 12.8. The van der Waals surface area contributed by atoms with Gasteiger partial charge in [0.15, 0.2) is 0 Å². The molecule has 1 N–H and O–H groups in total. The molecular formula is C26H29ClN2O3S. The lowest BCUT2D eigenvalue weighted by atomic mass is 9.97. The van der Waals surface area contributed by atoms with Crippen molar-refractivity contribution in [2.45, 2.75) is 31.6 Å². The second kappa shape index (κ2) is 11.3. The minimum atomic E-state index is -3.96. The normalized spacial score (nSPS) is 12.2. The molecular weight excluding hydrogens is 456 g/mol. The maximum absolute atomic E-state index is 13.4. The number of nitrogens with one attached hydrogen (secondary N) is 1. The lowest BCUT2D eigenvalue weighted by Crippen LogP contribution is -2.42. The fourth-order valence-electron chi connectivity index (χ4n) is 3.54. The Morgan fingerprint density at radius 1 is 1.00 bits per heavy atom. The highest BCUT2D eigenvalue weighted by Gasteiger charge is 2.27. The lowest BCUT2D eigenvalue weighted by molar-refractivity contribution is -0.119. The highest BCUT2D eigenvalue weighted by Crippen LogP contribution is 2.26. The molecule has 5 nitrogen and oxygen atoms in total. The number of benzene rings is 3. The maximum Gasteiger partial charge on any atom is 0.264 e. The summed E-state index contributed by atoms with van der Waals surface area (Å²) in [6.45, 7) is 4.11. The van der Waals surface area contributed by atoms with E-state index in [9.17, 15) is 13.2 Å².